The molecular formula is C21H17ClN4O3. The number of amides is 2. The van der Waals surface area contributed by atoms with Gasteiger partial charge in [0.1, 0.15) is 0 Å². The van der Waals surface area contributed by atoms with E-state index in [1.165, 1.54) is 11.6 Å². The standard InChI is InChI=1S/C21H17ClN4O3/c1-13(27)26-18-12-25(21(29)15-8-5-9-16(22)10-15)11-17(18)19(24-26)23-20(28)14-6-3-2-4-7-14/h2-10H,11-12H2,1H3,(H,23,24,28). The smallest absolute Gasteiger partial charge is 0.256 e. The number of halogens is 1. The Bertz CT molecular complexity index is 1120. The van der Waals surface area contributed by atoms with Crippen molar-refractivity contribution in [3.05, 3.63) is 82.0 Å². The monoisotopic (exact) mass is 408 g/mol. The summed E-state index contributed by atoms with van der Waals surface area (Å²) >= 11 is 5.99. The van der Waals surface area contributed by atoms with Crippen molar-refractivity contribution in [2.75, 3.05) is 5.32 Å². The van der Waals surface area contributed by atoms with E-state index in [0.29, 0.717) is 27.4 Å². The molecule has 0 saturated heterocycles. The molecule has 0 atom stereocenters. The minimum absolute atomic E-state index is 0.209. The minimum Gasteiger partial charge on any atom is -0.328 e. The average Bonchev–Trinajstić information content (AvgIpc) is 3.28. The van der Waals surface area contributed by atoms with Gasteiger partial charge in [0.15, 0.2) is 5.82 Å². The second kappa shape index (κ2) is 7.52. The van der Waals surface area contributed by atoms with Gasteiger partial charge in [-0.1, -0.05) is 35.9 Å². The van der Waals surface area contributed by atoms with Gasteiger partial charge in [-0.25, -0.2) is 4.68 Å². The number of aromatic nitrogens is 2. The predicted octanol–water partition coefficient (Wildman–Crippen LogP) is 3.60. The van der Waals surface area contributed by atoms with Crippen LogP contribution in [0, 0.1) is 0 Å². The fraction of sp³-hybridized carbons (Fsp3) is 0.143. The van der Waals surface area contributed by atoms with Gasteiger partial charge in [-0.2, -0.15) is 0 Å². The number of hydrogen-bond acceptors (Lipinski definition) is 4. The molecule has 2 amide bonds. The molecular weight excluding hydrogens is 392 g/mol. The average molecular weight is 409 g/mol. The molecule has 0 unspecified atom stereocenters. The Hall–Kier alpha value is -3.45. The highest BCUT2D eigenvalue weighted by molar-refractivity contribution is 6.31. The predicted molar refractivity (Wildman–Crippen MR) is 108 cm³/mol. The molecule has 0 fully saturated rings. The number of anilines is 1. The second-order valence-corrected chi connectivity index (χ2v) is 7.13. The molecule has 0 radical (unpaired) electrons. The summed E-state index contributed by atoms with van der Waals surface area (Å²) in [5.74, 6) is -0.552. The van der Waals surface area contributed by atoms with Gasteiger partial charge in [-0.3, -0.25) is 14.4 Å². The van der Waals surface area contributed by atoms with Gasteiger partial charge in [-0.05, 0) is 30.3 Å². The lowest BCUT2D eigenvalue weighted by molar-refractivity contribution is 0.0743. The molecule has 1 aliphatic heterocycles. The first-order chi connectivity index (χ1) is 13.9. The van der Waals surface area contributed by atoms with Crippen molar-refractivity contribution in [1.29, 1.82) is 0 Å². The molecule has 29 heavy (non-hydrogen) atoms. The van der Waals surface area contributed by atoms with Crippen LogP contribution in [0.1, 0.15) is 43.7 Å². The molecule has 0 saturated carbocycles. The molecule has 4 rings (SSSR count). The van der Waals surface area contributed by atoms with E-state index < -0.39 is 0 Å². The Labute approximate surface area is 171 Å². The van der Waals surface area contributed by atoms with E-state index in [-0.39, 0.29) is 36.6 Å². The summed E-state index contributed by atoms with van der Waals surface area (Å²) in [6.45, 7) is 1.84. The normalized spacial score (nSPS) is 12.6. The summed E-state index contributed by atoms with van der Waals surface area (Å²) in [7, 11) is 0. The van der Waals surface area contributed by atoms with Gasteiger partial charge in [-0.15, -0.1) is 5.10 Å². The number of rotatable bonds is 3. The summed E-state index contributed by atoms with van der Waals surface area (Å²) in [6, 6.07) is 15.4. The van der Waals surface area contributed by atoms with Crippen LogP contribution >= 0.6 is 11.6 Å². The maximum Gasteiger partial charge on any atom is 0.256 e. The third kappa shape index (κ3) is 3.64. The summed E-state index contributed by atoms with van der Waals surface area (Å²) in [6.07, 6.45) is 0. The molecule has 146 valence electrons. The fourth-order valence-corrected chi connectivity index (χ4v) is 3.51. The van der Waals surface area contributed by atoms with Crippen LogP contribution in [0.25, 0.3) is 0 Å². The molecule has 7 nitrogen and oxygen atoms in total. The van der Waals surface area contributed by atoms with Crippen LogP contribution in [-0.4, -0.2) is 32.4 Å². The zero-order valence-electron chi connectivity index (χ0n) is 15.6. The van der Waals surface area contributed by atoms with Crippen LogP contribution in [0.5, 0.6) is 0 Å². The maximum atomic E-state index is 12.9. The van der Waals surface area contributed by atoms with Crippen molar-refractivity contribution in [3.8, 4) is 0 Å². The first-order valence-electron chi connectivity index (χ1n) is 8.97. The lowest BCUT2D eigenvalue weighted by Gasteiger charge is -2.16. The van der Waals surface area contributed by atoms with Crippen LogP contribution in [-0.2, 0) is 13.1 Å². The fourth-order valence-electron chi connectivity index (χ4n) is 3.32. The first kappa shape index (κ1) is 18.9. The molecule has 0 spiro atoms. The Balaban J connectivity index is 1.62. The van der Waals surface area contributed by atoms with E-state index in [1.54, 1.807) is 53.4 Å². The molecule has 1 N–H and O–H groups in total. The molecule has 0 aliphatic carbocycles. The highest BCUT2D eigenvalue weighted by Gasteiger charge is 2.33. The Morgan fingerprint density at radius 1 is 1.00 bits per heavy atom. The van der Waals surface area contributed by atoms with Crippen LogP contribution in [0.2, 0.25) is 5.02 Å². The summed E-state index contributed by atoms with van der Waals surface area (Å²) in [5.41, 5.74) is 2.18. The highest BCUT2D eigenvalue weighted by Crippen LogP contribution is 2.31. The third-order valence-corrected chi connectivity index (χ3v) is 4.94. The molecule has 1 aromatic heterocycles. The van der Waals surface area contributed by atoms with Crippen molar-refractivity contribution in [1.82, 2.24) is 14.7 Å². The Morgan fingerprint density at radius 3 is 2.41 bits per heavy atom. The lowest BCUT2D eigenvalue weighted by atomic mass is 10.2. The number of nitrogens with zero attached hydrogens (tertiary/aromatic N) is 3. The van der Waals surface area contributed by atoms with E-state index in [2.05, 4.69) is 10.4 Å². The molecule has 0 bridgehead atoms. The lowest BCUT2D eigenvalue weighted by Crippen LogP contribution is -2.27. The highest BCUT2D eigenvalue weighted by atomic mass is 35.5. The molecule has 2 heterocycles. The van der Waals surface area contributed by atoms with E-state index in [9.17, 15) is 14.4 Å². The maximum absolute atomic E-state index is 12.9. The van der Waals surface area contributed by atoms with Crippen molar-refractivity contribution in [2.24, 2.45) is 0 Å². The third-order valence-electron chi connectivity index (χ3n) is 4.70. The molecule has 8 heteroatoms. The van der Waals surface area contributed by atoms with Gasteiger partial charge in [0.25, 0.3) is 11.8 Å². The van der Waals surface area contributed by atoms with Crippen LogP contribution in [0.4, 0.5) is 5.82 Å². The van der Waals surface area contributed by atoms with E-state index in [4.69, 9.17) is 11.6 Å². The van der Waals surface area contributed by atoms with Crippen molar-refractivity contribution < 1.29 is 14.4 Å². The van der Waals surface area contributed by atoms with Gasteiger partial charge in [0.05, 0.1) is 18.8 Å². The SMILES string of the molecule is CC(=O)n1nc(NC(=O)c2ccccc2)c2c1CN(C(=O)c1cccc(Cl)c1)C2. The number of carbonyl (C=O) groups excluding carboxylic acids is 3. The topological polar surface area (TPSA) is 84.3 Å². The number of benzene rings is 2. The van der Waals surface area contributed by atoms with Crippen molar-refractivity contribution in [2.45, 2.75) is 20.0 Å². The van der Waals surface area contributed by atoms with Gasteiger partial charge >= 0.3 is 0 Å². The van der Waals surface area contributed by atoms with E-state index >= 15 is 0 Å². The number of fused-ring (bicyclic) bond motifs is 1. The number of hydrogen-bond donors (Lipinski definition) is 1. The minimum atomic E-state index is -0.332. The largest absolute Gasteiger partial charge is 0.328 e. The molecule has 1 aliphatic rings. The van der Waals surface area contributed by atoms with Crippen LogP contribution in [0.3, 0.4) is 0 Å². The zero-order chi connectivity index (χ0) is 20.5. The van der Waals surface area contributed by atoms with Crippen molar-refractivity contribution >= 4 is 35.1 Å². The van der Waals surface area contributed by atoms with Crippen molar-refractivity contribution in [3.63, 3.8) is 0 Å². The van der Waals surface area contributed by atoms with Gasteiger partial charge in [0.2, 0.25) is 5.91 Å². The molecule has 2 aromatic carbocycles. The van der Waals surface area contributed by atoms with E-state index in [0.717, 1.165) is 0 Å². The van der Waals surface area contributed by atoms with Crippen LogP contribution in [0.15, 0.2) is 54.6 Å². The number of nitrogens with one attached hydrogen (secondary N) is 1. The van der Waals surface area contributed by atoms with Gasteiger partial charge in [0, 0.05) is 28.6 Å². The van der Waals surface area contributed by atoms with Crippen LogP contribution < -0.4 is 5.32 Å². The summed E-state index contributed by atoms with van der Waals surface area (Å²) in [4.78, 5) is 39.0. The summed E-state index contributed by atoms with van der Waals surface area (Å²) in [5, 5.41) is 7.48. The quantitative estimate of drug-likeness (QED) is 0.717. The Morgan fingerprint density at radius 2 is 1.72 bits per heavy atom. The zero-order valence-corrected chi connectivity index (χ0v) is 16.3. The second-order valence-electron chi connectivity index (χ2n) is 6.70. The van der Waals surface area contributed by atoms with Gasteiger partial charge < -0.3 is 10.2 Å². The Kier molecular flexibility index (Phi) is 4.90. The number of carbonyl (C=O) groups is 3. The molecule has 3 aromatic rings. The van der Waals surface area contributed by atoms with E-state index in [1.807, 2.05) is 6.07 Å². The summed E-state index contributed by atoms with van der Waals surface area (Å²) < 4.78 is 1.24. The first-order valence-corrected chi connectivity index (χ1v) is 9.35.